The largest absolute Gasteiger partial charge is 0.494 e. The van der Waals surface area contributed by atoms with Gasteiger partial charge in [-0.25, -0.2) is 9.97 Å². The van der Waals surface area contributed by atoms with Gasteiger partial charge < -0.3 is 14.2 Å². The molecule has 2 aromatic heterocycles. The summed E-state index contributed by atoms with van der Waals surface area (Å²) in [5.41, 5.74) is 0. The first-order chi connectivity index (χ1) is 12.7. The molecule has 4 heterocycles. The number of rotatable bonds is 5. The van der Waals surface area contributed by atoms with Gasteiger partial charge in [-0.3, -0.25) is 4.90 Å². The predicted molar refractivity (Wildman–Crippen MR) is 98.3 cm³/mol. The van der Waals surface area contributed by atoms with Crippen LogP contribution in [0.4, 0.5) is 5.95 Å². The van der Waals surface area contributed by atoms with E-state index in [-0.39, 0.29) is 0 Å². The summed E-state index contributed by atoms with van der Waals surface area (Å²) in [6.07, 6.45) is 8.15. The number of piperidine rings is 1. The summed E-state index contributed by atoms with van der Waals surface area (Å²) in [4.78, 5) is 13.5. The Bertz CT molecular complexity index is 716. The number of hydrogen-bond acceptors (Lipinski definition) is 7. The van der Waals surface area contributed by atoms with E-state index in [0.29, 0.717) is 11.7 Å². The van der Waals surface area contributed by atoms with Crippen molar-refractivity contribution in [3.63, 3.8) is 0 Å². The van der Waals surface area contributed by atoms with E-state index in [2.05, 4.69) is 41.6 Å². The third-order valence-corrected chi connectivity index (χ3v) is 5.56. The standard InChI is InChI=1S/C18H27N7O/c1-23-16(13-24-7-3-4-8-24)21-22-17(23)14-5-9-25(10-6-14)18-19-11-15(26-2)12-20-18/h11-12,14H,3-10,13H2,1-2H3. The van der Waals surface area contributed by atoms with Crippen LogP contribution in [-0.4, -0.2) is 62.9 Å². The molecule has 140 valence electrons. The first kappa shape index (κ1) is 17.2. The molecule has 4 rings (SSSR count). The molecule has 0 N–H and O–H groups in total. The summed E-state index contributed by atoms with van der Waals surface area (Å²) in [7, 11) is 3.74. The molecule has 0 atom stereocenters. The third kappa shape index (κ3) is 3.51. The maximum Gasteiger partial charge on any atom is 0.225 e. The van der Waals surface area contributed by atoms with Crippen LogP contribution in [0.25, 0.3) is 0 Å². The fourth-order valence-corrected chi connectivity index (χ4v) is 3.93. The number of methoxy groups -OCH3 is 1. The number of ether oxygens (including phenoxy) is 1. The molecule has 0 aromatic carbocycles. The average molecular weight is 357 g/mol. The second kappa shape index (κ2) is 7.57. The average Bonchev–Trinajstić information content (AvgIpc) is 3.33. The lowest BCUT2D eigenvalue weighted by atomic mass is 9.96. The molecule has 0 unspecified atom stereocenters. The summed E-state index contributed by atoms with van der Waals surface area (Å²) >= 11 is 0. The topological polar surface area (TPSA) is 72.2 Å². The van der Waals surface area contributed by atoms with E-state index in [9.17, 15) is 0 Å². The monoisotopic (exact) mass is 357 g/mol. The SMILES string of the molecule is COc1cnc(N2CCC(c3nnc(CN4CCCC4)n3C)CC2)nc1. The van der Waals surface area contributed by atoms with Crippen molar-refractivity contribution in [2.75, 3.05) is 38.2 Å². The molecule has 2 saturated heterocycles. The molecule has 2 aromatic rings. The van der Waals surface area contributed by atoms with Crippen molar-refractivity contribution < 1.29 is 4.74 Å². The van der Waals surface area contributed by atoms with Crippen LogP contribution in [0.5, 0.6) is 5.75 Å². The van der Waals surface area contributed by atoms with Gasteiger partial charge in [-0.1, -0.05) is 0 Å². The molecule has 2 aliphatic rings. The van der Waals surface area contributed by atoms with Crippen LogP contribution >= 0.6 is 0 Å². The second-order valence-corrected chi connectivity index (χ2v) is 7.20. The Morgan fingerprint density at radius 3 is 2.38 bits per heavy atom. The van der Waals surface area contributed by atoms with Crippen molar-refractivity contribution in [2.45, 2.75) is 38.1 Å². The molecule has 0 saturated carbocycles. The number of aromatic nitrogens is 5. The Labute approximate surface area is 154 Å². The van der Waals surface area contributed by atoms with Crippen molar-refractivity contribution >= 4 is 5.95 Å². The first-order valence-electron chi connectivity index (χ1n) is 9.46. The zero-order valence-corrected chi connectivity index (χ0v) is 15.6. The maximum atomic E-state index is 5.13. The summed E-state index contributed by atoms with van der Waals surface area (Å²) in [5, 5.41) is 8.99. The number of anilines is 1. The predicted octanol–water partition coefficient (Wildman–Crippen LogP) is 1.59. The second-order valence-electron chi connectivity index (χ2n) is 7.20. The highest BCUT2D eigenvalue weighted by Gasteiger charge is 2.27. The summed E-state index contributed by atoms with van der Waals surface area (Å²) < 4.78 is 7.34. The van der Waals surface area contributed by atoms with Gasteiger partial charge in [0.1, 0.15) is 11.6 Å². The Morgan fingerprint density at radius 1 is 1.04 bits per heavy atom. The normalized spacial score (nSPS) is 19.2. The lowest BCUT2D eigenvalue weighted by Crippen LogP contribution is -2.34. The highest BCUT2D eigenvalue weighted by molar-refractivity contribution is 5.32. The van der Waals surface area contributed by atoms with Gasteiger partial charge in [0.15, 0.2) is 5.75 Å². The van der Waals surface area contributed by atoms with E-state index < -0.39 is 0 Å². The quantitative estimate of drug-likeness (QED) is 0.805. The van der Waals surface area contributed by atoms with E-state index in [1.54, 1.807) is 19.5 Å². The lowest BCUT2D eigenvalue weighted by Gasteiger charge is -2.31. The molecular formula is C18H27N7O. The molecule has 2 aliphatic heterocycles. The van der Waals surface area contributed by atoms with Crippen molar-refractivity contribution in [1.82, 2.24) is 29.6 Å². The molecule has 0 spiro atoms. The van der Waals surface area contributed by atoms with Gasteiger partial charge in [0.25, 0.3) is 0 Å². The highest BCUT2D eigenvalue weighted by atomic mass is 16.5. The highest BCUT2D eigenvalue weighted by Crippen LogP contribution is 2.28. The van der Waals surface area contributed by atoms with Crippen LogP contribution in [0, 0.1) is 0 Å². The van der Waals surface area contributed by atoms with Crippen molar-refractivity contribution in [2.24, 2.45) is 7.05 Å². The van der Waals surface area contributed by atoms with E-state index in [4.69, 9.17) is 4.74 Å². The number of nitrogens with zero attached hydrogens (tertiary/aromatic N) is 7. The Morgan fingerprint density at radius 2 is 1.73 bits per heavy atom. The van der Waals surface area contributed by atoms with Crippen LogP contribution in [-0.2, 0) is 13.6 Å². The molecule has 0 radical (unpaired) electrons. The van der Waals surface area contributed by atoms with Gasteiger partial charge in [-0.2, -0.15) is 0 Å². The molecule has 8 nitrogen and oxygen atoms in total. The molecule has 26 heavy (non-hydrogen) atoms. The Hall–Kier alpha value is -2.22. The minimum Gasteiger partial charge on any atom is -0.494 e. The van der Waals surface area contributed by atoms with Crippen LogP contribution in [0.15, 0.2) is 12.4 Å². The van der Waals surface area contributed by atoms with Crippen LogP contribution in [0.3, 0.4) is 0 Å². The summed E-state index contributed by atoms with van der Waals surface area (Å²) in [5.74, 6) is 4.12. The number of likely N-dealkylation sites (tertiary alicyclic amines) is 1. The molecule has 2 fully saturated rings. The zero-order chi connectivity index (χ0) is 17.9. The van der Waals surface area contributed by atoms with E-state index >= 15 is 0 Å². The number of hydrogen-bond donors (Lipinski definition) is 0. The van der Waals surface area contributed by atoms with E-state index in [1.165, 1.54) is 25.9 Å². The first-order valence-corrected chi connectivity index (χ1v) is 9.46. The minimum absolute atomic E-state index is 0.453. The van der Waals surface area contributed by atoms with Gasteiger partial charge in [-0.05, 0) is 38.8 Å². The lowest BCUT2D eigenvalue weighted by molar-refractivity contribution is 0.317. The van der Waals surface area contributed by atoms with Gasteiger partial charge in [0.2, 0.25) is 5.95 Å². The summed E-state index contributed by atoms with van der Waals surface area (Å²) in [6.45, 7) is 5.16. The third-order valence-electron chi connectivity index (χ3n) is 5.56. The molecular weight excluding hydrogens is 330 g/mol. The molecule has 8 heteroatoms. The molecule has 0 aliphatic carbocycles. The molecule has 0 amide bonds. The van der Waals surface area contributed by atoms with Crippen LogP contribution in [0.2, 0.25) is 0 Å². The summed E-state index contributed by atoms with van der Waals surface area (Å²) in [6, 6.07) is 0. The Balaban J connectivity index is 1.37. The van der Waals surface area contributed by atoms with Gasteiger partial charge in [-0.15, -0.1) is 10.2 Å². The fourth-order valence-electron chi connectivity index (χ4n) is 3.93. The zero-order valence-electron chi connectivity index (χ0n) is 15.6. The maximum absolute atomic E-state index is 5.13. The fraction of sp³-hybridized carbons (Fsp3) is 0.667. The smallest absolute Gasteiger partial charge is 0.225 e. The van der Waals surface area contributed by atoms with Gasteiger partial charge in [0, 0.05) is 26.1 Å². The van der Waals surface area contributed by atoms with Gasteiger partial charge in [0.05, 0.1) is 26.0 Å². The minimum atomic E-state index is 0.453. The van der Waals surface area contributed by atoms with Crippen molar-refractivity contribution in [3.05, 3.63) is 24.0 Å². The van der Waals surface area contributed by atoms with E-state index in [0.717, 1.165) is 50.1 Å². The van der Waals surface area contributed by atoms with Crippen LogP contribution in [0.1, 0.15) is 43.3 Å². The molecule has 0 bridgehead atoms. The van der Waals surface area contributed by atoms with Crippen molar-refractivity contribution in [1.29, 1.82) is 0 Å². The van der Waals surface area contributed by atoms with E-state index in [1.807, 2.05) is 0 Å². The van der Waals surface area contributed by atoms with Gasteiger partial charge >= 0.3 is 0 Å². The van der Waals surface area contributed by atoms with Crippen LogP contribution < -0.4 is 9.64 Å². The Kier molecular flexibility index (Phi) is 5.01. The van der Waals surface area contributed by atoms with Crippen molar-refractivity contribution in [3.8, 4) is 5.75 Å².